The van der Waals surface area contributed by atoms with Gasteiger partial charge in [-0.15, -0.1) is 46.4 Å². The molecular formula is C6H11Cl4N. The zero-order valence-electron chi connectivity index (χ0n) is 5.99. The van der Waals surface area contributed by atoms with Crippen LogP contribution in [0.2, 0.25) is 0 Å². The Morgan fingerprint density at radius 1 is 0.909 bits per heavy atom. The van der Waals surface area contributed by atoms with E-state index in [1.807, 2.05) is 0 Å². The molecule has 0 heterocycles. The molecule has 0 fully saturated rings. The minimum absolute atomic E-state index is 0.0316. The highest BCUT2D eigenvalue weighted by molar-refractivity contribution is 6.28. The number of hydrogen-bond acceptors (Lipinski definition) is 1. The molecule has 2 atom stereocenters. The van der Waals surface area contributed by atoms with Gasteiger partial charge in [-0.05, 0) is 0 Å². The summed E-state index contributed by atoms with van der Waals surface area (Å²) in [7, 11) is 0. The van der Waals surface area contributed by atoms with Crippen molar-refractivity contribution in [2.45, 2.75) is 10.8 Å². The Kier molecular flexibility index (Phi) is 8.54. The van der Waals surface area contributed by atoms with E-state index < -0.39 is 0 Å². The molecule has 0 aromatic carbocycles. The first kappa shape index (κ1) is 12.1. The largest absolute Gasteiger partial charge is 0.314 e. The van der Waals surface area contributed by atoms with Crippen LogP contribution in [0.1, 0.15) is 0 Å². The molecule has 0 unspecified atom stereocenters. The van der Waals surface area contributed by atoms with Crippen molar-refractivity contribution < 1.29 is 0 Å². The summed E-state index contributed by atoms with van der Waals surface area (Å²) in [4.78, 5) is 0. The van der Waals surface area contributed by atoms with Gasteiger partial charge in [0.2, 0.25) is 0 Å². The molecule has 11 heavy (non-hydrogen) atoms. The van der Waals surface area contributed by atoms with Crippen molar-refractivity contribution in [2.24, 2.45) is 0 Å². The van der Waals surface area contributed by atoms with Crippen molar-refractivity contribution in [1.82, 2.24) is 5.32 Å². The quantitative estimate of drug-likeness (QED) is 0.701. The zero-order chi connectivity index (χ0) is 8.69. The van der Waals surface area contributed by atoms with Crippen molar-refractivity contribution >= 4 is 46.4 Å². The monoisotopic (exact) mass is 237 g/mol. The lowest BCUT2D eigenvalue weighted by Crippen LogP contribution is -2.30. The number of halogens is 4. The van der Waals surface area contributed by atoms with Gasteiger partial charge in [0, 0.05) is 24.8 Å². The van der Waals surface area contributed by atoms with E-state index in [-0.39, 0.29) is 10.8 Å². The summed E-state index contributed by atoms with van der Waals surface area (Å²) in [6.45, 7) is 1.34. The van der Waals surface area contributed by atoms with Crippen molar-refractivity contribution in [3.05, 3.63) is 0 Å². The second kappa shape index (κ2) is 7.75. The number of nitrogens with one attached hydrogen (secondary N) is 1. The van der Waals surface area contributed by atoms with Gasteiger partial charge in [-0.2, -0.15) is 0 Å². The standard InChI is InChI=1S/C6H11Cl4N/c7-1-5(9)3-11-4-6(10)2-8/h5-6,11H,1-4H2/t5-,6-/m0/s1. The van der Waals surface area contributed by atoms with Crippen LogP contribution in [-0.2, 0) is 0 Å². The fourth-order valence-corrected chi connectivity index (χ4v) is 0.942. The molecule has 0 radical (unpaired) electrons. The lowest BCUT2D eigenvalue weighted by atomic mass is 10.4. The minimum Gasteiger partial charge on any atom is -0.314 e. The van der Waals surface area contributed by atoms with Gasteiger partial charge in [0.25, 0.3) is 0 Å². The maximum Gasteiger partial charge on any atom is 0.0595 e. The highest BCUT2D eigenvalue weighted by atomic mass is 35.5. The zero-order valence-corrected chi connectivity index (χ0v) is 9.02. The van der Waals surface area contributed by atoms with Crippen molar-refractivity contribution in [3.63, 3.8) is 0 Å². The Morgan fingerprint density at radius 3 is 1.55 bits per heavy atom. The number of hydrogen-bond donors (Lipinski definition) is 1. The molecule has 0 rings (SSSR count). The Morgan fingerprint density at radius 2 is 1.27 bits per heavy atom. The fourth-order valence-electron chi connectivity index (χ4n) is 0.506. The van der Waals surface area contributed by atoms with Gasteiger partial charge in [0.05, 0.1) is 10.8 Å². The van der Waals surface area contributed by atoms with E-state index in [4.69, 9.17) is 46.4 Å². The van der Waals surface area contributed by atoms with Gasteiger partial charge in [-0.3, -0.25) is 0 Å². The van der Waals surface area contributed by atoms with E-state index in [1.54, 1.807) is 0 Å². The van der Waals surface area contributed by atoms with E-state index in [9.17, 15) is 0 Å². The van der Waals surface area contributed by atoms with Crippen LogP contribution < -0.4 is 5.32 Å². The average Bonchev–Trinajstić information content (AvgIpc) is 2.04. The molecule has 0 saturated carbocycles. The number of rotatable bonds is 6. The molecule has 1 N–H and O–H groups in total. The van der Waals surface area contributed by atoms with Gasteiger partial charge in [-0.25, -0.2) is 0 Å². The highest BCUT2D eigenvalue weighted by Crippen LogP contribution is 1.99. The molecule has 0 saturated heterocycles. The fraction of sp³-hybridized carbons (Fsp3) is 1.00. The first-order chi connectivity index (χ1) is 5.20. The third kappa shape index (κ3) is 7.48. The smallest absolute Gasteiger partial charge is 0.0595 e. The van der Waals surface area contributed by atoms with E-state index >= 15 is 0 Å². The summed E-state index contributed by atoms with van der Waals surface area (Å²) in [5.41, 5.74) is 0. The molecule has 0 amide bonds. The van der Waals surface area contributed by atoms with Crippen LogP contribution in [0.3, 0.4) is 0 Å². The van der Waals surface area contributed by atoms with E-state index in [2.05, 4.69) is 5.32 Å². The molecule has 0 aromatic heterocycles. The summed E-state index contributed by atoms with van der Waals surface area (Å²) < 4.78 is 0. The molecule has 68 valence electrons. The maximum atomic E-state index is 5.72. The third-order valence-electron chi connectivity index (χ3n) is 1.07. The third-order valence-corrected chi connectivity index (χ3v) is 2.74. The minimum atomic E-state index is -0.0316. The van der Waals surface area contributed by atoms with Crippen LogP contribution in [-0.4, -0.2) is 35.6 Å². The van der Waals surface area contributed by atoms with Crippen LogP contribution in [0, 0.1) is 0 Å². The first-order valence-corrected chi connectivity index (χ1v) is 5.25. The highest BCUT2D eigenvalue weighted by Gasteiger charge is 2.04. The van der Waals surface area contributed by atoms with Crippen molar-refractivity contribution in [2.75, 3.05) is 24.8 Å². The molecule has 0 spiro atoms. The Labute approximate surface area is 87.3 Å². The molecule has 0 aromatic rings. The van der Waals surface area contributed by atoms with Gasteiger partial charge < -0.3 is 5.32 Å². The van der Waals surface area contributed by atoms with Gasteiger partial charge in [0.15, 0.2) is 0 Å². The Balaban J connectivity index is 3.13. The van der Waals surface area contributed by atoms with E-state index in [1.165, 1.54) is 0 Å². The second-order valence-electron chi connectivity index (χ2n) is 2.16. The Bertz CT molecular complexity index is 80.7. The van der Waals surface area contributed by atoms with Crippen LogP contribution in [0.15, 0.2) is 0 Å². The summed E-state index contributed by atoms with van der Waals surface area (Å²) >= 11 is 22.4. The predicted molar refractivity (Wildman–Crippen MR) is 53.6 cm³/mol. The van der Waals surface area contributed by atoms with Gasteiger partial charge >= 0.3 is 0 Å². The summed E-state index contributed by atoms with van der Waals surface area (Å²) in [5, 5.41) is 2.99. The molecule has 0 aliphatic carbocycles. The van der Waals surface area contributed by atoms with Gasteiger partial charge in [0.1, 0.15) is 0 Å². The normalized spacial score (nSPS) is 16.4. The SMILES string of the molecule is ClC[C@H](Cl)CNC[C@@H](Cl)CCl. The molecule has 0 bridgehead atoms. The van der Waals surface area contributed by atoms with Gasteiger partial charge in [-0.1, -0.05) is 0 Å². The van der Waals surface area contributed by atoms with Crippen molar-refractivity contribution in [1.29, 1.82) is 0 Å². The Hall–Kier alpha value is 1.12. The van der Waals surface area contributed by atoms with Crippen LogP contribution >= 0.6 is 46.4 Å². The molecular weight excluding hydrogens is 228 g/mol. The summed E-state index contributed by atoms with van der Waals surface area (Å²) in [5.74, 6) is 0.894. The average molecular weight is 239 g/mol. The predicted octanol–water partition coefficient (Wildman–Crippen LogP) is 2.27. The lowest BCUT2D eigenvalue weighted by molar-refractivity contribution is 0.673. The topological polar surface area (TPSA) is 12.0 Å². The summed E-state index contributed by atoms with van der Waals surface area (Å²) in [6, 6.07) is 0. The number of alkyl halides is 4. The van der Waals surface area contributed by atoms with E-state index in [0.29, 0.717) is 24.8 Å². The van der Waals surface area contributed by atoms with E-state index in [0.717, 1.165) is 0 Å². The second-order valence-corrected chi connectivity index (χ2v) is 4.01. The molecule has 0 aliphatic rings. The van der Waals surface area contributed by atoms with Crippen LogP contribution in [0.5, 0.6) is 0 Å². The lowest BCUT2D eigenvalue weighted by Gasteiger charge is -2.09. The molecule has 5 heteroatoms. The first-order valence-electron chi connectivity index (χ1n) is 3.31. The van der Waals surface area contributed by atoms with Crippen LogP contribution in [0.25, 0.3) is 0 Å². The van der Waals surface area contributed by atoms with Crippen LogP contribution in [0.4, 0.5) is 0 Å². The molecule has 1 nitrogen and oxygen atoms in total. The summed E-state index contributed by atoms with van der Waals surface area (Å²) in [6.07, 6.45) is 0. The van der Waals surface area contributed by atoms with Crippen molar-refractivity contribution in [3.8, 4) is 0 Å². The molecule has 0 aliphatic heterocycles. The maximum absolute atomic E-state index is 5.72.